The first kappa shape index (κ1) is 35.8. The molecule has 1 atom stereocenters. The molecular formula is C30H42N6O7S2. The zero-order valence-electron chi connectivity index (χ0n) is 26.5. The Labute approximate surface area is 270 Å². The molecule has 0 aliphatic heterocycles. The largest absolute Gasteiger partial charge is 0.459 e. The van der Waals surface area contributed by atoms with E-state index in [1.165, 1.54) is 0 Å². The van der Waals surface area contributed by atoms with Crippen LogP contribution in [0.4, 0.5) is 5.69 Å². The van der Waals surface area contributed by atoms with Crippen LogP contribution in [0.5, 0.6) is 0 Å². The average molecular weight is 663 g/mol. The number of aromatic nitrogens is 3. The Kier molecular flexibility index (Phi) is 12.8. The van der Waals surface area contributed by atoms with E-state index in [0.717, 1.165) is 15.5 Å². The van der Waals surface area contributed by atoms with Gasteiger partial charge in [0.15, 0.2) is 0 Å². The number of benzene rings is 1. The summed E-state index contributed by atoms with van der Waals surface area (Å²) >= 11 is -0.601. The van der Waals surface area contributed by atoms with Crippen LogP contribution in [0.15, 0.2) is 48.2 Å². The van der Waals surface area contributed by atoms with E-state index in [2.05, 4.69) is 19.6 Å². The lowest BCUT2D eigenvalue weighted by molar-refractivity contribution is -0.164. The number of rotatable bonds is 15. The second-order valence-corrected chi connectivity index (χ2v) is 14.0. The topological polar surface area (TPSA) is 156 Å². The van der Waals surface area contributed by atoms with Crippen LogP contribution in [0.3, 0.4) is 0 Å². The molecule has 0 radical (unpaired) electrons. The minimum atomic E-state index is -2.14. The number of carbonyl (C=O) groups excluding carboxylic acids is 3. The molecule has 1 aromatic carbocycles. The Hall–Kier alpha value is -3.66. The van der Waals surface area contributed by atoms with Gasteiger partial charge in [0.1, 0.15) is 41.7 Å². The zero-order chi connectivity index (χ0) is 33.2. The summed E-state index contributed by atoms with van der Waals surface area (Å²) < 4.78 is 35.0. The zero-order valence-corrected chi connectivity index (χ0v) is 28.2. The van der Waals surface area contributed by atoms with Gasteiger partial charge in [-0.2, -0.15) is 0 Å². The van der Waals surface area contributed by atoms with E-state index in [9.17, 15) is 18.6 Å². The maximum absolute atomic E-state index is 13.5. The summed E-state index contributed by atoms with van der Waals surface area (Å²) in [6, 6.07) is 7.26. The molecule has 0 bridgehead atoms. The number of nitrogens with zero attached hydrogens (tertiary/aromatic N) is 5. The number of nitrogens with one attached hydrogen (secondary N) is 1. The van der Waals surface area contributed by atoms with Gasteiger partial charge in [-0.05, 0) is 65.7 Å². The lowest BCUT2D eigenvalue weighted by atomic mass is 10.1. The molecule has 0 fully saturated rings. The number of amides is 1. The number of anilines is 1. The number of carbonyl (C=O) groups is 3. The normalized spacial score (nSPS) is 12.5. The lowest BCUT2D eigenvalue weighted by Crippen LogP contribution is -2.44. The molecule has 1 unspecified atom stereocenters. The Bertz CT molecular complexity index is 1400. The van der Waals surface area contributed by atoms with Crippen LogP contribution in [-0.4, -0.2) is 81.8 Å². The van der Waals surface area contributed by atoms with Crippen molar-refractivity contribution in [3.05, 3.63) is 64.6 Å². The van der Waals surface area contributed by atoms with Gasteiger partial charge in [-0.15, -0.1) is 11.3 Å². The van der Waals surface area contributed by atoms with Crippen LogP contribution in [0, 0.1) is 0 Å². The van der Waals surface area contributed by atoms with Crippen molar-refractivity contribution >= 4 is 46.1 Å². The van der Waals surface area contributed by atoms with E-state index in [-0.39, 0.29) is 6.54 Å². The van der Waals surface area contributed by atoms with Gasteiger partial charge in [-0.1, -0.05) is 12.1 Å². The van der Waals surface area contributed by atoms with Gasteiger partial charge in [-0.25, -0.2) is 14.2 Å². The molecule has 246 valence electrons. The van der Waals surface area contributed by atoms with E-state index in [1.54, 1.807) is 88.2 Å². The third-order valence-corrected chi connectivity index (χ3v) is 7.20. The highest BCUT2D eigenvalue weighted by molar-refractivity contribution is 7.80. The Morgan fingerprint density at radius 2 is 1.58 bits per heavy atom. The first-order valence-corrected chi connectivity index (χ1v) is 16.3. The highest BCUT2D eigenvalue weighted by atomic mass is 32.2. The SMILES string of the molecule is CC(C)(C)OC(=O)CN(CC(=O)OC(C)(C)C)C(=O)Cn1ccnc1CN(CCc1ccc(NS(=O)O)cc1)Cc1nccs1. The minimum absolute atomic E-state index is 0.146. The van der Waals surface area contributed by atoms with Gasteiger partial charge in [0.2, 0.25) is 5.91 Å². The molecule has 2 heterocycles. The Morgan fingerprint density at radius 1 is 0.956 bits per heavy atom. The van der Waals surface area contributed by atoms with Gasteiger partial charge >= 0.3 is 11.9 Å². The first-order valence-electron chi connectivity index (χ1n) is 14.3. The monoisotopic (exact) mass is 662 g/mol. The molecule has 0 aliphatic carbocycles. The fourth-order valence-electron chi connectivity index (χ4n) is 4.24. The summed E-state index contributed by atoms with van der Waals surface area (Å²) in [4.78, 5) is 51.0. The van der Waals surface area contributed by atoms with Gasteiger partial charge in [0.05, 0.1) is 13.1 Å². The van der Waals surface area contributed by atoms with E-state index in [4.69, 9.17) is 14.0 Å². The van der Waals surface area contributed by atoms with Crippen molar-refractivity contribution < 1.29 is 32.6 Å². The molecule has 15 heteroatoms. The summed E-state index contributed by atoms with van der Waals surface area (Å²) in [5, 5.41) is 2.84. The maximum atomic E-state index is 13.5. The van der Waals surface area contributed by atoms with Gasteiger partial charge < -0.3 is 18.9 Å². The minimum Gasteiger partial charge on any atom is -0.459 e. The molecule has 2 aromatic heterocycles. The van der Waals surface area contributed by atoms with Crippen molar-refractivity contribution in [2.75, 3.05) is 24.4 Å². The standard InChI is InChI=1S/C30H42N6O7S2/c1-29(2,3)42-27(38)20-36(21-28(39)43-30(4,5)6)26(37)19-35-15-12-31-24(35)17-34(18-25-32-13-16-44-25)14-11-22-7-9-23(10-8-22)33-45(40)41/h7-10,12-13,15-16,33H,11,14,17-21H2,1-6H3,(H,40,41). The van der Waals surface area contributed by atoms with E-state index >= 15 is 0 Å². The number of esters is 2. The van der Waals surface area contributed by atoms with Crippen LogP contribution in [-0.2, 0) is 61.2 Å². The third-order valence-electron chi connectivity index (χ3n) is 6.02. The van der Waals surface area contributed by atoms with Crippen LogP contribution < -0.4 is 4.72 Å². The molecule has 0 saturated heterocycles. The molecule has 0 aliphatic rings. The number of imidazole rings is 1. The molecule has 0 spiro atoms. The predicted octanol–water partition coefficient (Wildman–Crippen LogP) is 3.65. The molecule has 1 amide bonds. The first-order chi connectivity index (χ1) is 21.1. The number of thiazole rings is 1. The molecule has 0 saturated carbocycles. The molecule has 3 rings (SSSR count). The summed E-state index contributed by atoms with van der Waals surface area (Å²) in [5.74, 6) is -1.10. The van der Waals surface area contributed by atoms with Gasteiger partial charge in [-0.3, -0.25) is 28.6 Å². The molecular weight excluding hydrogens is 620 g/mol. The summed E-state index contributed by atoms with van der Waals surface area (Å²) in [7, 11) is 0. The van der Waals surface area contributed by atoms with Gasteiger partial charge in [0, 0.05) is 36.2 Å². The smallest absolute Gasteiger partial charge is 0.326 e. The van der Waals surface area contributed by atoms with Crippen molar-refractivity contribution in [2.45, 2.75) is 78.8 Å². The fraction of sp³-hybridized carbons (Fsp3) is 0.500. The molecule has 13 nitrogen and oxygen atoms in total. The second kappa shape index (κ2) is 16.1. The van der Waals surface area contributed by atoms with Crippen LogP contribution in [0.2, 0.25) is 0 Å². The summed E-state index contributed by atoms with van der Waals surface area (Å²) in [5.41, 5.74) is 0.0638. The fourth-order valence-corrected chi connectivity index (χ4v) is 5.23. The lowest BCUT2D eigenvalue weighted by Gasteiger charge is -2.27. The number of hydrogen-bond donors (Lipinski definition) is 2. The van der Waals surface area contributed by atoms with Gasteiger partial charge in [0.25, 0.3) is 11.3 Å². The summed E-state index contributed by atoms with van der Waals surface area (Å²) in [6.07, 6.45) is 5.73. The van der Waals surface area contributed by atoms with Crippen molar-refractivity contribution in [1.82, 2.24) is 24.3 Å². The van der Waals surface area contributed by atoms with E-state index < -0.39 is 53.4 Å². The highest BCUT2D eigenvalue weighted by Gasteiger charge is 2.27. The van der Waals surface area contributed by atoms with E-state index in [0.29, 0.717) is 37.6 Å². The number of ether oxygens (including phenoxy) is 2. The van der Waals surface area contributed by atoms with Crippen molar-refractivity contribution in [3.63, 3.8) is 0 Å². The maximum Gasteiger partial charge on any atom is 0.326 e. The predicted molar refractivity (Wildman–Crippen MR) is 171 cm³/mol. The van der Waals surface area contributed by atoms with Crippen LogP contribution in [0.1, 0.15) is 57.9 Å². The summed E-state index contributed by atoms with van der Waals surface area (Å²) in [6.45, 7) is 11.0. The Balaban J connectivity index is 1.73. The van der Waals surface area contributed by atoms with Crippen molar-refractivity contribution in [2.24, 2.45) is 0 Å². The quantitative estimate of drug-likeness (QED) is 0.182. The third kappa shape index (κ3) is 13.5. The van der Waals surface area contributed by atoms with Crippen LogP contribution >= 0.6 is 11.3 Å². The van der Waals surface area contributed by atoms with Crippen LogP contribution in [0.25, 0.3) is 0 Å². The van der Waals surface area contributed by atoms with Crippen molar-refractivity contribution in [3.8, 4) is 0 Å². The highest BCUT2D eigenvalue weighted by Crippen LogP contribution is 2.16. The second-order valence-electron chi connectivity index (χ2n) is 12.3. The van der Waals surface area contributed by atoms with E-state index in [1.807, 2.05) is 17.5 Å². The molecule has 2 N–H and O–H groups in total. The molecule has 3 aromatic rings. The number of hydrogen-bond acceptors (Lipinski definition) is 10. The van der Waals surface area contributed by atoms with Crippen molar-refractivity contribution in [1.29, 1.82) is 0 Å². The Morgan fingerprint density at radius 3 is 2.11 bits per heavy atom. The molecule has 45 heavy (non-hydrogen) atoms. The average Bonchev–Trinajstić information content (AvgIpc) is 3.57.